The Morgan fingerprint density at radius 3 is 2.50 bits per heavy atom. The lowest BCUT2D eigenvalue weighted by Gasteiger charge is -2.10. The molecule has 0 atom stereocenters. The fourth-order valence-electron chi connectivity index (χ4n) is 1.44. The first-order chi connectivity index (χ1) is 7.36. The molecular formula is C11H17NO3S. The molecule has 0 amide bonds. The second kappa shape index (κ2) is 4.74. The maximum absolute atomic E-state index is 12.0. The molecule has 0 aliphatic carbocycles. The van der Waals surface area contributed by atoms with E-state index in [0.29, 0.717) is 5.75 Å². The summed E-state index contributed by atoms with van der Waals surface area (Å²) in [5, 5.41) is 0. The van der Waals surface area contributed by atoms with Crippen molar-refractivity contribution in [1.29, 1.82) is 0 Å². The Labute approximate surface area is 96.3 Å². The highest BCUT2D eigenvalue weighted by Crippen LogP contribution is 2.25. The Hall–Kier alpha value is -1.23. The predicted octanol–water partition coefficient (Wildman–Crippen LogP) is 1.71. The van der Waals surface area contributed by atoms with Gasteiger partial charge in [0.15, 0.2) is 9.84 Å². The topological polar surface area (TPSA) is 69.4 Å². The van der Waals surface area contributed by atoms with E-state index in [1.807, 2.05) is 13.8 Å². The molecule has 0 unspecified atom stereocenters. The second-order valence-corrected chi connectivity index (χ2v) is 6.08. The minimum Gasteiger partial charge on any atom is -0.497 e. The number of nitrogen functional groups attached to an aromatic ring is 1. The number of rotatable bonds is 4. The fraction of sp³-hybridized carbons (Fsp3) is 0.455. The highest BCUT2D eigenvalue weighted by atomic mass is 32.2. The van der Waals surface area contributed by atoms with Gasteiger partial charge in [0.05, 0.1) is 23.4 Å². The van der Waals surface area contributed by atoms with Crippen LogP contribution in [0.15, 0.2) is 23.1 Å². The average Bonchev–Trinajstić information content (AvgIpc) is 2.16. The summed E-state index contributed by atoms with van der Waals surface area (Å²) < 4.78 is 29.0. The molecule has 0 aromatic heterocycles. The summed E-state index contributed by atoms with van der Waals surface area (Å²) in [6.45, 7) is 3.71. The van der Waals surface area contributed by atoms with Gasteiger partial charge in [0.2, 0.25) is 0 Å². The van der Waals surface area contributed by atoms with Crippen molar-refractivity contribution in [3.05, 3.63) is 18.2 Å². The first-order valence-corrected chi connectivity index (χ1v) is 6.68. The summed E-state index contributed by atoms with van der Waals surface area (Å²) in [6.07, 6.45) is 0. The summed E-state index contributed by atoms with van der Waals surface area (Å²) in [7, 11) is -1.84. The second-order valence-electron chi connectivity index (χ2n) is 4.08. The molecule has 90 valence electrons. The first-order valence-electron chi connectivity index (χ1n) is 5.03. The van der Waals surface area contributed by atoms with E-state index >= 15 is 0 Å². The van der Waals surface area contributed by atoms with Crippen LogP contribution in [0.3, 0.4) is 0 Å². The maximum Gasteiger partial charge on any atom is 0.180 e. The third-order valence-corrected chi connectivity index (χ3v) is 4.24. The third kappa shape index (κ3) is 2.88. The lowest BCUT2D eigenvalue weighted by Crippen LogP contribution is -2.13. The van der Waals surface area contributed by atoms with Crippen LogP contribution < -0.4 is 10.5 Å². The molecule has 5 heteroatoms. The third-order valence-electron chi connectivity index (χ3n) is 2.11. The monoisotopic (exact) mass is 243 g/mol. The molecule has 0 radical (unpaired) electrons. The number of nitrogens with two attached hydrogens (primary N) is 1. The standard InChI is InChI=1S/C11H17NO3S/c1-8(2)7-16(13,14)11-6-9(15-3)4-5-10(11)12/h4-6,8H,7,12H2,1-3H3. The van der Waals surface area contributed by atoms with Crippen LogP contribution in [0.2, 0.25) is 0 Å². The maximum atomic E-state index is 12.0. The highest BCUT2D eigenvalue weighted by molar-refractivity contribution is 7.91. The van der Waals surface area contributed by atoms with E-state index < -0.39 is 9.84 Å². The van der Waals surface area contributed by atoms with Crippen LogP contribution in [0.5, 0.6) is 5.75 Å². The molecular weight excluding hydrogens is 226 g/mol. The van der Waals surface area contributed by atoms with Crippen LogP contribution in [0.25, 0.3) is 0 Å². The van der Waals surface area contributed by atoms with Gasteiger partial charge in [-0.15, -0.1) is 0 Å². The number of hydrogen-bond donors (Lipinski definition) is 1. The molecule has 0 heterocycles. The van der Waals surface area contributed by atoms with Crippen LogP contribution in [-0.4, -0.2) is 21.3 Å². The Morgan fingerprint density at radius 2 is 2.00 bits per heavy atom. The first kappa shape index (κ1) is 12.8. The number of ether oxygens (including phenoxy) is 1. The zero-order valence-corrected chi connectivity index (χ0v) is 10.5. The smallest absolute Gasteiger partial charge is 0.180 e. The van der Waals surface area contributed by atoms with E-state index in [0.717, 1.165) is 0 Å². The number of benzene rings is 1. The Morgan fingerprint density at radius 1 is 1.38 bits per heavy atom. The number of anilines is 1. The summed E-state index contributed by atoms with van der Waals surface area (Å²) in [4.78, 5) is 0.153. The number of hydrogen-bond acceptors (Lipinski definition) is 4. The van der Waals surface area contributed by atoms with Gasteiger partial charge in [-0.2, -0.15) is 0 Å². The molecule has 2 N–H and O–H groups in total. The van der Waals surface area contributed by atoms with Crippen molar-refractivity contribution in [1.82, 2.24) is 0 Å². The van der Waals surface area contributed by atoms with Gasteiger partial charge >= 0.3 is 0 Å². The predicted molar refractivity (Wildman–Crippen MR) is 64.3 cm³/mol. The quantitative estimate of drug-likeness (QED) is 0.817. The molecule has 0 aliphatic heterocycles. The molecule has 0 aliphatic rings. The van der Waals surface area contributed by atoms with Gasteiger partial charge < -0.3 is 10.5 Å². The molecule has 1 aromatic rings. The van der Waals surface area contributed by atoms with Gasteiger partial charge in [0.25, 0.3) is 0 Å². The molecule has 16 heavy (non-hydrogen) atoms. The summed E-state index contributed by atoms with van der Waals surface area (Å²) in [5.74, 6) is 0.650. The lowest BCUT2D eigenvalue weighted by molar-refractivity contribution is 0.413. The lowest BCUT2D eigenvalue weighted by atomic mass is 10.3. The van der Waals surface area contributed by atoms with Gasteiger partial charge in [0.1, 0.15) is 5.75 Å². The van der Waals surface area contributed by atoms with Gasteiger partial charge in [-0.05, 0) is 18.1 Å². The van der Waals surface area contributed by atoms with Crippen molar-refractivity contribution < 1.29 is 13.2 Å². The summed E-state index contributed by atoms with van der Waals surface area (Å²) >= 11 is 0. The Kier molecular flexibility index (Phi) is 3.80. The fourth-order valence-corrected chi connectivity index (χ4v) is 3.22. The molecule has 0 fully saturated rings. The van der Waals surface area contributed by atoms with Crippen LogP contribution in [0.4, 0.5) is 5.69 Å². The van der Waals surface area contributed by atoms with Crippen molar-refractivity contribution in [2.45, 2.75) is 18.7 Å². The van der Waals surface area contributed by atoms with E-state index in [1.165, 1.54) is 13.2 Å². The van der Waals surface area contributed by atoms with Crippen molar-refractivity contribution >= 4 is 15.5 Å². The normalized spacial score (nSPS) is 11.8. The molecule has 0 saturated carbocycles. The molecule has 0 bridgehead atoms. The molecule has 0 saturated heterocycles. The van der Waals surface area contributed by atoms with Crippen molar-refractivity contribution in [2.24, 2.45) is 5.92 Å². The van der Waals surface area contributed by atoms with Gasteiger partial charge in [0, 0.05) is 6.07 Å². The van der Waals surface area contributed by atoms with Gasteiger partial charge in [-0.1, -0.05) is 13.8 Å². The summed E-state index contributed by atoms with van der Waals surface area (Å²) in [6, 6.07) is 4.66. The largest absolute Gasteiger partial charge is 0.497 e. The van der Waals surface area contributed by atoms with Gasteiger partial charge in [-0.25, -0.2) is 8.42 Å². The average molecular weight is 243 g/mol. The molecule has 1 aromatic carbocycles. The Balaban J connectivity index is 3.21. The van der Waals surface area contributed by atoms with Crippen molar-refractivity contribution in [3.8, 4) is 5.75 Å². The van der Waals surface area contributed by atoms with E-state index in [1.54, 1.807) is 12.1 Å². The van der Waals surface area contributed by atoms with E-state index in [4.69, 9.17) is 10.5 Å². The molecule has 4 nitrogen and oxygen atoms in total. The van der Waals surface area contributed by atoms with E-state index in [-0.39, 0.29) is 22.3 Å². The number of sulfone groups is 1. The molecule has 0 spiro atoms. The van der Waals surface area contributed by atoms with Gasteiger partial charge in [-0.3, -0.25) is 0 Å². The zero-order chi connectivity index (χ0) is 12.3. The van der Waals surface area contributed by atoms with Crippen molar-refractivity contribution in [2.75, 3.05) is 18.6 Å². The zero-order valence-electron chi connectivity index (χ0n) is 9.73. The number of methoxy groups -OCH3 is 1. The minimum atomic E-state index is -3.33. The highest BCUT2D eigenvalue weighted by Gasteiger charge is 2.19. The SMILES string of the molecule is COc1ccc(N)c(S(=O)(=O)CC(C)C)c1. The molecule has 1 rings (SSSR count). The van der Waals surface area contributed by atoms with E-state index in [2.05, 4.69) is 0 Å². The Bertz CT molecular complexity index is 466. The van der Waals surface area contributed by atoms with Crippen LogP contribution in [-0.2, 0) is 9.84 Å². The van der Waals surface area contributed by atoms with Crippen LogP contribution in [0, 0.1) is 5.92 Å². The van der Waals surface area contributed by atoms with Crippen molar-refractivity contribution in [3.63, 3.8) is 0 Å². The van der Waals surface area contributed by atoms with Crippen LogP contribution >= 0.6 is 0 Å². The van der Waals surface area contributed by atoms with Crippen LogP contribution in [0.1, 0.15) is 13.8 Å². The van der Waals surface area contributed by atoms with E-state index in [9.17, 15) is 8.42 Å². The summed E-state index contributed by atoms with van der Waals surface area (Å²) in [5.41, 5.74) is 5.94. The minimum absolute atomic E-state index is 0.0654.